The van der Waals surface area contributed by atoms with Crippen LogP contribution in [0.15, 0.2) is 29.3 Å². The first-order chi connectivity index (χ1) is 5.84. The average Bonchev–Trinajstić information content (AvgIpc) is 2.09. The maximum Gasteiger partial charge on any atom is 0.124 e. The molecule has 0 aliphatic heterocycles. The molecule has 0 radical (unpaired) electrons. The third-order valence-corrected chi connectivity index (χ3v) is 1.52. The van der Waals surface area contributed by atoms with Crippen molar-refractivity contribution in [3.05, 3.63) is 29.8 Å². The van der Waals surface area contributed by atoms with Crippen molar-refractivity contribution in [2.24, 2.45) is 4.99 Å². The lowest BCUT2D eigenvalue weighted by Crippen LogP contribution is -1.83. The summed E-state index contributed by atoms with van der Waals surface area (Å²) in [6, 6.07) is 7.18. The first-order valence-electron chi connectivity index (χ1n) is 4.12. The SMILES string of the molecule is CCCN=Cc1ccccc1O.N. The van der Waals surface area contributed by atoms with E-state index in [1.54, 1.807) is 18.3 Å². The maximum atomic E-state index is 9.32. The van der Waals surface area contributed by atoms with Crippen LogP contribution in [0.4, 0.5) is 0 Å². The van der Waals surface area contributed by atoms with E-state index in [0.717, 1.165) is 18.5 Å². The highest BCUT2D eigenvalue weighted by Crippen LogP contribution is 2.12. The van der Waals surface area contributed by atoms with E-state index in [4.69, 9.17) is 0 Å². The van der Waals surface area contributed by atoms with Gasteiger partial charge in [-0.15, -0.1) is 0 Å². The van der Waals surface area contributed by atoms with E-state index < -0.39 is 0 Å². The predicted octanol–water partition coefficient (Wildman–Crippen LogP) is 2.38. The smallest absolute Gasteiger partial charge is 0.124 e. The van der Waals surface area contributed by atoms with Crippen LogP contribution in [0.5, 0.6) is 5.75 Å². The molecule has 0 aliphatic rings. The first kappa shape index (κ1) is 11.6. The maximum absolute atomic E-state index is 9.32. The molecule has 3 nitrogen and oxygen atoms in total. The van der Waals surface area contributed by atoms with E-state index >= 15 is 0 Å². The van der Waals surface area contributed by atoms with E-state index in [2.05, 4.69) is 11.9 Å². The predicted molar refractivity (Wildman–Crippen MR) is 55.9 cm³/mol. The topological polar surface area (TPSA) is 67.6 Å². The van der Waals surface area contributed by atoms with Gasteiger partial charge in [0.2, 0.25) is 0 Å². The zero-order chi connectivity index (χ0) is 8.81. The van der Waals surface area contributed by atoms with Gasteiger partial charge in [-0.1, -0.05) is 19.1 Å². The first-order valence-corrected chi connectivity index (χ1v) is 4.12. The van der Waals surface area contributed by atoms with E-state index in [-0.39, 0.29) is 11.9 Å². The summed E-state index contributed by atoms with van der Waals surface area (Å²) in [4.78, 5) is 4.14. The fourth-order valence-electron chi connectivity index (χ4n) is 0.889. The molecule has 0 fully saturated rings. The third kappa shape index (κ3) is 3.71. The zero-order valence-corrected chi connectivity index (χ0v) is 7.90. The van der Waals surface area contributed by atoms with E-state index in [0.29, 0.717) is 0 Å². The van der Waals surface area contributed by atoms with Crippen LogP contribution in [-0.4, -0.2) is 17.9 Å². The summed E-state index contributed by atoms with van der Waals surface area (Å²) in [6.07, 6.45) is 2.74. The van der Waals surface area contributed by atoms with Crippen LogP contribution in [0.3, 0.4) is 0 Å². The largest absolute Gasteiger partial charge is 0.507 e. The van der Waals surface area contributed by atoms with Gasteiger partial charge in [-0.05, 0) is 18.6 Å². The van der Waals surface area contributed by atoms with Crippen LogP contribution < -0.4 is 6.15 Å². The summed E-state index contributed by atoms with van der Waals surface area (Å²) in [5.74, 6) is 0.289. The molecular formula is C10H16N2O. The van der Waals surface area contributed by atoms with Crippen LogP contribution in [0.25, 0.3) is 0 Å². The van der Waals surface area contributed by atoms with Crippen LogP contribution in [0.2, 0.25) is 0 Å². The molecule has 0 spiro atoms. The molecule has 0 saturated heterocycles. The Labute approximate surface area is 78.7 Å². The lowest BCUT2D eigenvalue weighted by Gasteiger charge is -1.95. The van der Waals surface area contributed by atoms with Gasteiger partial charge in [0.25, 0.3) is 0 Å². The van der Waals surface area contributed by atoms with Gasteiger partial charge in [-0.3, -0.25) is 4.99 Å². The van der Waals surface area contributed by atoms with Crippen molar-refractivity contribution in [3.8, 4) is 5.75 Å². The number of para-hydroxylation sites is 1. The summed E-state index contributed by atoms with van der Waals surface area (Å²) < 4.78 is 0. The molecule has 0 atom stereocenters. The van der Waals surface area contributed by atoms with Crippen molar-refractivity contribution < 1.29 is 5.11 Å². The van der Waals surface area contributed by atoms with E-state index in [1.807, 2.05) is 12.1 Å². The molecule has 72 valence electrons. The van der Waals surface area contributed by atoms with Crippen molar-refractivity contribution in [1.82, 2.24) is 6.15 Å². The molecule has 0 heterocycles. The minimum absolute atomic E-state index is 0. The lowest BCUT2D eigenvalue weighted by atomic mass is 10.2. The fourth-order valence-corrected chi connectivity index (χ4v) is 0.889. The molecule has 0 bridgehead atoms. The summed E-state index contributed by atoms with van der Waals surface area (Å²) in [5.41, 5.74) is 0.783. The Hall–Kier alpha value is -1.35. The Bertz CT molecular complexity index is 271. The molecule has 13 heavy (non-hydrogen) atoms. The number of aliphatic imine (C=N–C) groups is 1. The molecule has 4 N–H and O–H groups in total. The highest BCUT2D eigenvalue weighted by molar-refractivity contribution is 5.83. The number of nitrogens with zero attached hydrogens (tertiary/aromatic N) is 1. The molecule has 1 aromatic rings. The van der Waals surface area contributed by atoms with Gasteiger partial charge in [0.15, 0.2) is 0 Å². The van der Waals surface area contributed by atoms with Crippen LogP contribution in [0, 0.1) is 0 Å². The normalized spacial score (nSPS) is 9.92. The molecule has 3 heteroatoms. The van der Waals surface area contributed by atoms with Gasteiger partial charge in [-0.25, -0.2) is 0 Å². The molecule has 0 aromatic heterocycles. The van der Waals surface area contributed by atoms with Crippen molar-refractivity contribution in [3.63, 3.8) is 0 Å². The minimum Gasteiger partial charge on any atom is -0.507 e. The second-order valence-corrected chi connectivity index (χ2v) is 2.59. The van der Waals surface area contributed by atoms with Gasteiger partial charge in [0.05, 0.1) is 0 Å². The lowest BCUT2D eigenvalue weighted by molar-refractivity contribution is 0.474. The van der Waals surface area contributed by atoms with Gasteiger partial charge < -0.3 is 11.3 Å². The highest BCUT2D eigenvalue weighted by atomic mass is 16.3. The number of phenols is 1. The summed E-state index contributed by atoms with van der Waals surface area (Å²) in [7, 11) is 0. The second kappa shape index (κ2) is 6.20. The van der Waals surface area contributed by atoms with Crippen molar-refractivity contribution in [2.75, 3.05) is 6.54 Å². The highest BCUT2D eigenvalue weighted by Gasteiger charge is 1.92. The Morgan fingerprint density at radius 2 is 2.08 bits per heavy atom. The molecule has 1 aromatic carbocycles. The second-order valence-electron chi connectivity index (χ2n) is 2.59. The number of rotatable bonds is 3. The minimum atomic E-state index is 0. The van der Waals surface area contributed by atoms with Crippen LogP contribution in [-0.2, 0) is 0 Å². The molecule has 1 rings (SSSR count). The van der Waals surface area contributed by atoms with Crippen molar-refractivity contribution in [2.45, 2.75) is 13.3 Å². The number of phenolic OH excluding ortho intramolecular Hbond substituents is 1. The number of aromatic hydroxyl groups is 1. The van der Waals surface area contributed by atoms with Gasteiger partial charge in [0, 0.05) is 18.3 Å². The molecule has 0 saturated carbocycles. The fraction of sp³-hybridized carbons (Fsp3) is 0.300. The average molecular weight is 180 g/mol. The summed E-state index contributed by atoms with van der Waals surface area (Å²) in [6.45, 7) is 2.89. The molecule has 0 aliphatic carbocycles. The number of hydrogen-bond acceptors (Lipinski definition) is 3. The zero-order valence-electron chi connectivity index (χ0n) is 7.90. The molecule has 0 amide bonds. The quantitative estimate of drug-likeness (QED) is 0.701. The van der Waals surface area contributed by atoms with E-state index in [9.17, 15) is 5.11 Å². The molecular weight excluding hydrogens is 164 g/mol. The van der Waals surface area contributed by atoms with Crippen LogP contribution in [0.1, 0.15) is 18.9 Å². The third-order valence-electron chi connectivity index (χ3n) is 1.52. The van der Waals surface area contributed by atoms with Crippen molar-refractivity contribution >= 4 is 6.21 Å². The van der Waals surface area contributed by atoms with Gasteiger partial charge in [-0.2, -0.15) is 0 Å². The molecule has 0 unspecified atom stereocenters. The Morgan fingerprint density at radius 1 is 1.38 bits per heavy atom. The van der Waals surface area contributed by atoms with Crippen molar-refractivity contribution in [1.29, 1.82) is 0 Å². The monoisotopic (exact) mass is 180 g/mol. The standard InChI is InChI=1S/C10H13NO.H3N/c1-2-7-11-8-9-5-3-4-6-10(9)12;/h3-6,8,12H,2,7H2,1H3;1H3. The van der Waals surface area contributed by atoms with Gasteiger partial charge in [0.1, 0.15) is 5.75 Å². The summed E-state index contributed by atoms with van der Waals surface area (Å²) in [5, 5.41) is 9.32. The van der Waals surface area contributed by atoms with E-state index in [1.165, 1.54) is 0 Å². The Kier molecular flexibility index (Phi) is 5.55. The van der Waals surface area contributed by atoms with Crippen LogP contribution >= 0.6 is 0 Å². The number of benzene rings is 1. The van der Waals surface area contributed by atoms with Gasteiger partial charge >= 0.3 is 0 Å². The number of hydrogen-bond donors (Lipinski definition) is 2. The summed E-state index contributed by atoms with van der Waals surface area (Å²) >= 11 is 0. The Morgan fingerprint density at radius 3 is 2.69 bits per heavy atom. The Balaban J connectivity index is 0.00000144.